The van der Waals surface area contributed by atoms with Crippen molar-refractivity contribution in [3.05, 3.63) is 64.1 Å². The molecule has 1 saturated carbocycles. The highest BCUT2D eigenvalue weighted by Gasteiger charge is 2.50. The summed E-state index contributed by atoms with van der Waals surface area (Å²) >= 11 is 3.49. The average molecular weight is 559 g/mol. The number of hydrazine groups is 1. The van der Waals surface area contributed by atoms with E-state index in [0.29, 0.717) is 37.0 Å². The Balaban J connectivity index is 1.52. The maximum Gasteiger partial charge on any atom is 0.266 e. The zero-order valence-electron chi connectivity index (χ0n) is 20.8. The van der Waals surface area contributed by atoms with Gasteiger partial charge in [-0.2, -0.15) is 0 Å². The molecule has 3 N–H and O–H groups in total. The molecule has 2 atom stereocenters. The number of nitrogens with zero attached hydrogens (tertiary/aromatic N) is 1. The molecule has 0 bridgehead atoms. The minimum atomic E-state index is -1.10. The number of aliphatic hydroxyl groups excluding tert-OH is 1. The summed E-state index contributed by atoms with van der Waals surface area (Å²) in [6.07, 6.45) is 6.79. The molecule has 0 saturated heterocycles. The minimum absolute atomic E-state index is 0.0959. The Labute approximate surface area is 221 Å². The number of aliphatic imine (C=N–C) groups is 1. The van der Waals surface area contributed by atoms with E-state index in [0.717, 1.165) is 22.1 Å². The smallest absolute Gasteiger partial charge is 0.266 e. The Morgan fingerprint density at radius 1 is 1.14 bits per heavy atom. The first-order valence-electron chi connectivity index (χ1n) is 12.9. The molecule has 0 aromatic heterocycles. The van der Waals surface area contributed by atoms with E-state index in [-0.39, 0.29) is 12.5 Å². The predicted molar refractivity (Wildman–Crippen MR) is 144 cm³/mol. The zero-order chi connectivity index (χ0) is 25.4. The highest BCUT2D eigenvalue weighted by Crippen LogP contribution is 2.33. The molecule has 8 heteroatoms. The third-order valence-corrected chi connectivity index (χ3v) is 7.56. The number of halogens is 1. The molecule has 0 unspecified atom stereocenters. The summed E-state index contributed by atoms with van der Waals surface area (Å²) in [5.41, 5.74) is 6.85. The number of hydrogen-bond donors (Lipinski definition) is 3. The average Bonchev–Trinajstić information content (AvgIpc) is 3.23. The first-order valence-corrected chi connectivity index (χ1v) is 13.7. The number of rotatable bonds is 11. The predicted octanol–water partition coefficient (Wildman–Crippen LogP) is 4.56. The topological polar surface area (TPSA) is 92.2 Å². The second-order valence-electron chi connectivity index (χ2n) is 9.69. The van der Waals surface area contributed by atoms with Crippen molar-refractivity contribution in [1.29, 1.82) is 0 Å². The van der Waals surface area contributed by atoms with Crippen molar-refractivity contribution in [3.63, 3.8) is 0 Å². The zero-order valence-corrected chi connectivity index (χ0v) is 22.4. The van der Waals surface area contributed by atoms with E-state index in [2.05, 4.69) is 26.8 Å². The molecule has 2 aromatic carbocycles. The van der Waals surface area contributed by atoms with Crippen LogP contribution < -0.4 is 15.6 Å². The van der Waals surface area contributed by atoms with Crippen LogP contribution in [-0.4, -0.2) is 48.3 Å². The molecule has 1 amide bonds. The van der Waals surface area contributed by atoms with Gasteiger partial charge < -0.3 is 14.6 Å². The van der Waals surface area contributed by atoms with Crippen molar-refractivity contribution < 1.29 is 19.4 Å². The summed E-state index contributed by atoms with van der Waals surface area (Å²) in [7, 11) is 0. The van der Waals surface area contributed by atoms with Crippen LogP contribution in [0, 0.1) is 5.92 Å². The first kappa shape index (κ1) is 26.6. The number of benzene rings is 2. The third-order valence-electron chi connectivity index (χ3n) is 7.03. The van der Waals surface area contributed by atoms with Crippen molar-refractivity contribution >= 4 is 27.7 Å². The van der Waals surface area contributed by atoms with E-state index in [1.54, 1.807) is 0 Å². The van der Waals surface area contributed by atoms with Crippen LogP contribution in [0.5, 0.6) is 5.75 Å². The van der Waals surface area contributed by atoms with Crippen molar-refractivity contribution in [2.75, 3.05) is 19.8 Å². The second kappa shape index (κ2) is 12.7. The molecule has 194 valence electrons. The Hall–Kier alpha value is -2.42. The van der Waals surface area contributed by atoms with Crippen molar-refractivity contribution in [2.24, 2.45) is 10.9 Å². The maximum absolute atomic E-state index is 13.7. The molecule has 36 heavy (non-hydrogen) atoms. The standard InChI is InChI=1S/C28H36BrN3O4/c1-20-28(18-21-8-12-24(29)13-9-21,27(34)32-30-19-22-6-3-2-4-7-22)31-26(36-20)23-10-14-25(15-11-23)35-17-5-16-33/h8-15,20,22,30,33H,2-7,16-19H2,1H3,(H,32,34)/t20-,28-/m0/s1. The number of carbonyl (C=O) groups excluding carboxylic acids is 1. The first-order chi connectivity index (χ1) is 17.5. The molecule has 1 heterocycles. The summed E-state index contributed by atoms with van der Waals surface area (Å²) in [5, 5.41) is 8.94. The molecule has 1 aliphatic heterocycles. The van der Waals surface area contributed by atoms with Crippen LogP contribution in [0.3, 0.4) is 0 Å². The fraction of sp³-hybridized carbons (Fsp3) is 0.500. The molecule has 1 fully saturated rings. The quantitative estimate of drug-likeness (QED) is 0.278. The van der Waals surface area contributed by atoms with E-state index in [1.165, 1.54) is 32.1 Å². The van der Waals surface area contributed by atoms with Gasteiger partial charge in [0.05, 0.1) is 6.61 Å². The van der Waals surface area contributed by atoms with Crippen LogP contribution in [0.4, 0.5) is 0 Å². The maximum atomic E-state index is 13.7. The van der Waals surface area contributed by atoms with Crippen LogP contribution in [0.1, 0.15) is 56.6 Å². The highest BCUT2D eigenvalue weighted by molar-refractivity contribution is 9.10. The molecule has 4 rings (SSSR count). The van der Waals surface area contributed by atoms with E-state index in [1.807, 2.05) is 55.5 Å². The molecule has 2 aliphatic rings. The van der Waals surface area contributed by atoms with Gasteiger partial charge in [-0.3, -0.25) is 10.2 Å². The molecular formula is C28H36BrN3O4. The summed E-state index contributed by atoms with van der Waals surface area (Å²) in [5.74, 6) is 1.57. The van der Waals surface area contributed by atoms with Gasteiger partial charge in [0.2, 0.25) is 5.90 Å². The van der Waals surface area contributed by atoms with Gasteiger partial charge in [0.15, 0.2) is 5.54 Å². The van der Waals surface area contributed by atoms with Crippen molar-refractivity contribution in [3.8, 4) is 5.75 Å². The Morgan fingerprint density at radius 3 is 2.56 bits per heavy atom. The van der Waals surface area contributed by atoms with Crippen LogP contribution in [0.2, 0.25) is 0 Å². The minimum Gasteiger partial charge on any atom is -0.494 e. The molecular weight excluding hydrogens is 522 g/mol. The number of ether oxygens (including phenoxy) is 2. The van der Waals surface area contributed by atoms with Crippen LogP contribution >= 0.6 is 15.9 Å². The van der Waals surface area contributed by atoms with Gasteiger partial charge in [0, 0.05) is 36.0 Å². The molecule has 0 radical (unpaired) electrons. The summed E-state index contributed by atoms with van der Waals surface area (Å²) < 4.78 is 12.8. The molecule has 1 aliphatic carbocycles. The Bertz CT molecular complexity index is 1020. The summed E-state index contributed by atoms with van der Waals surface area (Å²) in [6, 6.07) is 15.4. The number of hydrogen-bond acceptors (Lipinski definition) is 6. The van der Waals surface area contributed by atoms with Crippen LogP contribution in [-0.2, 0) is 16.0 Å². The monoisotopic (exact) mass is 557 g/mol. The number of aliphatic hydroxyl groups is 1. The number of nitrogens with one attached hydrogen (secondary N) is 2. The van der Waals surface area contributed by atoms with E-state index >= 15 is 0 Å². The van der Waals surface area contributed by atoms with Gasteiger partial charge in [-0.05, 0) is 67.6 Å². The lowest BCUT2D eigenvalue weighted by atomic mass is 9.86. The third kappa shape index (κ3) is 6.66. The van der Waals surface area contributed by atoms with Gasteiger partial charge in [-0.15, -0.1) is 0 Å². The SMILES string of the molecule is C[C@@H]1OC(c2ccc(OCCCO)cc2)=N[C@]1(Cc1ccc(Br)cc1)C(=O)NNCC1CCCCC1. The highest BCUT2D eigenvalue weighted by atomic mass is 79.9. The van der Waals surface area contributed by atoms with Gasteiger partial charge in [0.1, 0.15) is 11.9 Å². The number of carbonyl (C=O) groups is 1. The van der Waals surface area contributed by atoms with Gasteiger partial charge in [-0.1, -0.05) is 47.3 Å². The van der Waals surface area contributed by atoms with Gasteiger partial charge in [-0.25, -0.2) is 10.4 Å². The lowest BCUT2D eigenvalue weighted by Crippen LogP contribution is -2.56. The van der Waals surface area contributed by atoms with Gasteiger partial charge >= 0.3 is 0 Å². The summed E-state index contributed by atoms with van der Waals surface area (Å²) in [6.45, 7) is 3.22. The molecule has 2 aromatic rings. The lowest BCUT2D eigenvalue weighted by molar-refractivity contribution is -0.129. The fourth-order valence-corrected chi connectivity index (χ4v) is 5.10. The van der Waals surface area contributed by atoms with E-state index < -0.39 is 11.6 Å². The Morgan fingerprint density at radius 2 is 1.86 bits per heavy atom. The largest absolute Gasteiger partial charge is 0.494 e. The van der Waals surface area contributed by atoms with Crippen molar-refractivity contribution in [2.45, 2.75) is 63.5 Å². The summed E-state index contributed by atoms with van der Waals surface area (Å²) in [4.78, 5) is 18.6. The van der Waals surface area contributed by atoms with Gasteiger partial charge in [0.25, 0.3) is 5.91 Å². The van der Waals surface area contributed by atoms with Crippen LogP contribution in [0.15, 0.2) is 58.0 Å². The molecule has 7 nitrogen and oxygen atoms in total. The number of amides is 1. The Kier molecular flexibility index (Phi) is 9.40. The van der Waals surface area contributed by atoms with Crippen LogP contribution in [0.25, 0.3) is 0 Å². The van der Waals surface area contributed by atoms with Crippen molar-refractivity contribution in [1.82, 2.24) is 10.9 Å². The molecule has 0 spiro atoms. The lowest BCUT2D eigenvalue weighted by Gasteiger charge is -2.29. The van der Waals surface area contributed by atoms with E-state index in [9.17, 15) is 4.79 Å². The second-order valence-corrected chi connectivity index (χ2v) is 10.6. The fourth-order valence-electron chi connectivity index (χ4n) is 4.83. The normalized spacial score (nSPS) is 22.1. The van der Waals surface area contributed by atoms with E-state index in [4.69, 9.17) is 19.6 Å².